The third kappa shape index (κ3) is 6.23. The number of aromatic hydroxyl groups is 1. The maximum absolute atomic E-state index is 10.2. The predicted octanol–water partition coefficient (Wildman–Crippen LogP) is 6.94. The Labute approximate surface area is 147 Å². The molecule has 0 bridgehead atoms. The van der Waals surface area contributed by atoms with Crippen molar-refractivity contribution in [3.05, 3.63) is 71.8 Å². The minimum Gasteiger partial charge on any atom is -0.508 e. The van der Waals surface area contributed by atoms with Gasteiger partial charge in [0.2, 0.25) is 0 Å². The molecule has 0 amide bonds. The van der Waals surface area contributed by atoms with Crippen LogP contribution in [0.2, 0.25) is 0 Å². The lowest BCUT2D eigenvalue weighted by Gasteiger charge is -2.15. The molecule has 1 unspecified atom stereocenters. The zero-order chi connectivity index (χ0) is 17.0. The summed E-state index contributed by atoms with van der Waals surface area (Å²) in [6.45, 7) is 2.25. The fourth-order valence-corrected chi connectivity index (χ4v) is 3.09. The summed E-state index contributed by atoms with van der Waals surface area (Å²) < 4.78 is 0. The standard InChI is InChI=1S/C23H30O/c1-2-3-4-5-6-10-15-21(22-16-11-12-17-23(22)24)19-18-20-13-8-7-9-14-20/h7-9,11-14,16-19,21,24H,2-6,10,15H2,1H3/b19-18-. The Morgan fingerprint density at radius 3 is 2.25 bits per heavy atom. The first-order valence-corrected chi connectivity index (χ1v) is 9.32. The average molecular weight is 322 g/mol. The van der Waals surface area contributed by atoms with Crippen molar-refractivity contribution < 1.29 is 5.11 Å². The first-order valence-electron chi connectivity index (χ1n) is 9.32. The van der Waals surface area contributed by atoms with Crippen molar-refractivity contribution in [2.75, 3.05) is 0 Å². The van der Waals surface area contributed by atoms with E-state index < -0.39 is 0 Å². The molecule has 0 saturated heterocycles. The normalized spacial score (nSPS) is 12.5. The molecule has 0 spiro atoms. The molecule has 1 heteroatoms. The summed E-state index contributed by atoms with van der Waals surface area (Å²) in [4.78, 5) is 0. The number of benzene rings is 2. The van der Waals surface area contributed by atoms with Crippen LogP contribution in [0, 0.1) is 0 Å². The van der Waals surface area contributed by atoms with Crippen LogP contribution in [-0.4, -0.2) is 5.11 Å². The molecular formula is C23H30O. The number of phenolic OH excluding ortho intramolecular Hbond substituents is 1. The first-order chi connectivity index (χ1) is 11.8. The lowest BCUT2D eigenvalue weighted by Crippen LogP contribution is -1.96. The van der Waals surface area contributed by atoms with E-state index in [0.29, 0.717) is 5.75 Å². The minimum atomic E-state index is 0.276. The van der Waals surface area contributed by atoms with Crippen LogP contribution >= 0.6 is 0 Å². The van der Waals surface area contributed by atoms with Crippen LogP contribution in [0.15, 0.2) is 60.7 Å². The summed E-state index contributed by atoms with van der Waals surface area (Å²) in [5.41, 5.74) is 2.25. The number of hydrogen-bond acceptors (Lipinski definition) is 1. The van der Waals surface area contributed by atoms with Crippen molar-refractivity contribution in [1.29, 1.82) is 0 Å². The SMILES string of the molecule is CCCCCCCCC(/C=C\c1ccccc1)c1ccccc1O. The Balaban J connectivity index is 1.99. The quantitative estimate of drug-likeness (QED) is 0.470. The van der Waals surface area contributed by atoms with E-state index >= 15 is 0 Å². The molecule has 24 heavy (non-hydrogen) atoms. The van der Waals surface area contributed by atoms with Gasteiger partial charge in [-0.1, -0.05) is 106 Å². The molecule has 1 nitrogen and oxygen atoms in total. The highest BCUT2D eigenvalue weighted by molar-refractivity contribution is 5.51. The first kappa shape index (κ1) is 18.3. The van der Waals surface area contributed by atoms with Crippen molar-refractivity contribution in [3.63, 3.8) is 0 Å². The van der Waals surface area contributed by atoms with E-state index in [1.54, 1.807) is 6.07 Å². The Bertz CT molecular complexity index is 600. The van der Waals surface area contributed by atoms with Crippen molar-refractivity contribution in [2.45, 2.75) is 57.8 Å². The molecule has 0 aliphatic carbocycles. The van der Waals surface area contributed by atoms with Crippen LogP contribution in [0.1, 0.15) is 68.9 Å². The molecule has 1 atom stereocenters. The van der Waals surface area contributed by atoms with Gasteiger partial charge >= 0.3 is 0 Å². The topological polar surface area (TPSA) is 20.2 Å². The minimum absolute atomic E-state index is 0.276. The van der Waals surface area contributed by atoms with Gasteiger partial charge in [0.25, 0.3) is 0 Å². The Hall–Kier alpha value is -2.02. The molecule has 0 radical (unpaired) electrons. The number of hydrogen-bond donors (Lipinski definition) is 1. The zero-order valence-corrected chi connectivity index (χ0v) is 14.8. The molecule has 0 aromatic heterocycles. The summed E-state index contributed by atoms with van der Waals surface area (Å²) >= 11 is 0. The summed E-state index contributed by atoms with van der Waals surface area (Å²) in [5.74, 6) is 0.684. The van der Waals surface area contributed by atoms with E-state index in [2.05, 4.69) is 43.3 Å². The van der Waals surface area contributed by atoms with E-state index in [1.165, 1.54) is 44.1 Å². The second kappa shape index (κ2) is 10.7. The molecule has 0 aliphatic heterocycles. The van der Waals surface area contributed by atoms with Gasteiger partial charge < -0.3 is 5.11 Å². The summed E-state index contributed by atoms with van der Waals surface area (Å²) in [6.07, 6.45) is 13.3. The Morgan fingerprint density at radius 2 is 1.50 bits per heavy atom. The van der Waals surface area contributed by atoms with Crippen LogP contribution in [0.25, 0.3) is 6.08 Å². The zero-order valence-electron chi connectivity index (χ0n) is 14.8. The van der Waals surface area contributed by atoms with Crippen LogP contribution in [-0.2, 0) is 0 Å². The highest BCUT2D eigenvalue weighted by Gasteiger charge is 2.11. The lowest BCUT2D eigenvalue weighted by molar-refractivity contribution is 0.461. The maximum Gasteiger partial charge on any atom is 0.119 e. The molecule has 0 fully saturated rings. The summed E-state index contributed by atoms with van der Waals surface area (Å²) in [5, 5.41) is 10.2. The van der Waals surface area contributed by atoms with Crippen LogP contribution < -0.4 is 0 Å². The van der Waals surface area contributed by atoms with Gasteiger partial charge in [0.1, 0.15) is 5.75 Å². The molecule has 2 aromatic carbocycles. The fraction of sp³-hybridized carbons (Fsp3) is 0.391. The summed E-state index contributed by atoms with van der Waals surface area (Å²) in [7, 11) is 0. The lowest BCUT2D eigenvalue weighted by atomic mass is 9.91. The monoisotopic (exact) mass is 322 g/mol. The van der Waals surface area contributed by atoms with E-state index in [1.807, 2.05) is 24.3 Å². The maximum atomic E-state index is 10.2. The Morgan fingerprint density at radius 1 is 0.833 bits per heavy atom. The van der Waals surface area contributed by atoms with Crippen LogP contribution in [0.4, 0.5) is 0 Å². The summed E-state index contributed by atoms with van der Waals surface area (Å²) in [6, 6.07) is 18.1. The second-order valence-corrected chi connectivity index (χ2v) is 6.49. The molecular weight excluding hydrogens is 292 g/mol. The third-order valence-corrected chi connectivity index (χ3v) is 4.53. The molecule has 2 aromatic rings. The number of para-hydroxylation sites is 1. The number of allylic oxidation sites excluding steroid dienone is 1. The average Bonchev–Trinajstić information content (AvgIpc) is 2.62. The van der Waals surface area contributed by atoms with Gasteiger partial charge in [0.15, 0.2) is 0 Å². The van der Waals surface area contributed by atoms with Gasteiger partial charge in [-0.25, -0.2) is 0 Å². The van der Waals surface area contributed by atoms with Crippen molar-refractivity contribution in [3.8, 4) is 5.75 Å². The molecule has 128 valence electrons. The second-order valence-electron chi connectivity index (χ2n) is 6.49. The van der Waals surface area contributed by atoms with E-state index in [-0.39, 0.29) is 5.92 Å². The van der Waals surface area contributed by atoms with Crippen LogP contribution in [0.5, 0.6) is 5.75 Å². The molecule has 0 saturated carbocycles. The molecule has 2 rings (SSSR count). The molecule has 0 heterocycles. The van der Waals surface area contributed by atoms with Crippen molar-refractivity contribution in [2.24, 2.45) is 0 Å². The smallest absolute Gasteiger partial charge is 0.119 e. The van der Waals surface area contributed by atoms with Gasteiger partial charge in [0, 0.05) is 11.5 Å². The van der Waals surface area contributed by atoms with Gasteiger partial charge in [0.05, 0.1) is 0 Å². The van der Waals surface area contributed by atoms with Gasteiger partial charge in [-0.15, -0.1) is 0 Å². The largest absolute Gasteiger partial charge is 0.508 e. The van der Waals surface area contributed by atoms with Gasteiger partial charge in [-0.3, -0.25) is 0 Å². The number of unbranched alkanes of at least 4 members (excludes halogenated alkanes) is 5. The molecule has 0 aliphatic rings. The van der Waals surface area contributed by atoms with Gasteiger partial charge in [-0.05, 0) is 18.1 Å². The van der Waals surface area contributed by atoms with Gasteiger partial charge in [-0.2, -0.15) is 0 Å². The highest BCUT2D eigenvalue weighted by atomic mass is 16.3. The predicted molar refractivity (Wildman–Crippen MR) is 104 cm³/mol. The van der Waals surface area contributed by atoms with E-state index in [9.17, 15) is 5.11 Å². The van der Waals surface area contributed by atoms with E-state index in [4.69, 9.17) is 0 Å². The van der Waals surface area contributed by atoms with Crippen molar-refractivity contribution in [1.82, 2.24) is 0 Å². The third-order valence-electron chi connectivity index (χ3n) is 4.53. The highest BCUT2D eigenvalue weighted by Crippen LogP contribution is 2.31. The molecule has 1 N–H and O–H groups in total. The van der Waals surface area contributed by atoms with E-state index in [0.717, 1.165) is 12.0 Å². The number of phenols is 1. The fourth-order valence-electron chi connectivity index (χ4n) is 3.09. The Kier molecular flexibility index (Phi) is 8.17. The number of rotatable bonds is 10. The van der Waals surface area contributed by atoms with Crippen LogP contribution in [0.3, 0.4) is 0 Å². The van der Waals surface area contributed by atoms with Crippen molar-refractivity contribution >= 4 is 6.08 Å².